The van der Waals surface area contributed by atoms with Gasteiger partial charge < -0.3 is 11.1 Å². The van der Waals surface area contributed by atoms with Gasteiger partial charge in [0.2, 0.25) is 5.91 Å². The van der Waals surface area contributed by atoms with Gasteiger partial charge in [-0.1, -0.05) is 44.0 Å². The molecule has 0 radical (unpaired) electrons. The highest BCUT2D eigenvalue weighted by molar-refractivity contribution is 5.82. The summed E-state index contributed by atoms with van der Waals surface area (Å²) >= 11 is 0. The number of carbonyl (C=O) groups excluding carboxylic acids is 1. The van der Waals surface area contributed by atoms with Crippen LogP contribution >= 0.6 is 0 Å². The molecule has 0 aromatic heterocycles. The fourth-order valence-corrected chi connectivity index (χ4v) is 2.31. The Morgan fingerprint density at radius 3 is 2.50 bits per heavy atom. The zero-order valence-corrected chi connectivity index (χ0v) is 13.4. The summed E-state index contributed by atoms with van der Waals surface area (Å²) in [5.41, 5.74) is 9.77. The SMILES string of the molecule is CCC(C)C(N)C(=O)NC(C)Cc1ccc(C)cc1C. The molecule has 3 unspecified atom stereocenters. The minimum atomic E-state index is -0.415. The predicted octanol–water partition coefficient (Wildman–Crippen LogP) is 2.72. The molecule has 1 aromatic carbocycles. The normalized spacial score (nSPS) is 15.5. The highest BCUT2D eigenvalue weighted by Gasteiger charge is 2.20. The van der Waals surface area contributed by atoms with Gasteiger partial charge in [-0.05, 0) is 44.2 Å². The van der Waals surface area contributed by atoms with Gasteiger partial charge in [0.05, 0.1) is 6.04 Å². The maximum atomic E-state index is 12.0. The largest absolute Gasteiger partial charge is 0.352 e. The van der Waals surface area contributed by atoms with Crippen LogP contribution in [0.5, 0.6) is 0 Å². The Bertz CT molecular complexity index is 456. The Morgan fingerprint density at radius 2 is 1.95 bits per heavy atom. The molecule has 20 heavy (non-hydrogen) atoms. The third-order valence-corrected chi connectivity index (χ3v) is 3.97. The van der Waals surface area contributed by atoms with Crippen LogP contribution in [0.2, 0.25) is 0 Å². The summed E-state index contributed by atoms with van der Waals surface area (Å²) < 4.78 is 0. The van der Waals surface area contributed by atoms with Crippen molar-refractivity contribution in [3.63, 3.8) is 0 Å². The van der Waals surface area contributed by atoms with Gasteiger partial charge in [-0.25, -0.2) is 0 Å². The summed E-state index contributed by atoms with van der Waals surface area (Å²) in [6, 6.07) is 6.11. The van der Waals surface area contributed by atoms with E-state index in [4.69, 9.17) is 5.73 Å². The molecular formula is C17H28N2O. The number of hydrogen-bond donors (Lipinski definition) is 2. The van der Waals surface area contributed by atoms with E-state index in [0.717, 1.165) is 12.8 Å². The molecule has 1 amide bonds. The fraction of sp³-hybridized carbons (Fsp3) is 0.588. The van der Waals surface area contributed by atoms with Crippen LogP contribution in [0.4, 0.5) is 0 Å². The topological polar surface area (TPSA) is 55.1 Å². The van der Waals surface area contributed by atoms with Crippen LogP contribution < -0.4 is 11.1 Å². The van der Waals surface area contributed by atoms with Crippen LogP contribution in [0.15, 0.2) is 18.2 Å². The number of hydrogen-bond acceptors (Lipinski definition) is 2. The minimum absolute atomic E-state index is 0.0448. The molecule has 1 rings (SSSR count). The van der Waals surface area contributed by atoms with E-state index in [2.05, 4.69) is 44.3 Å². The Morgan fingerprint density at radius 1 is 1.30 bits per heavy atom. The standard InChI is InChI=1S/C17H28N2O/c1-6-12(3)16(18)17(20)19-14(5)10-15-8-7-11(2)9-13(15)4/h7-9,12,14,16H,6,10,18H2,1-5H3,(H,19,20). The summed E-state index contributed by atoms with van der Waals surface area (Å²) in [5, 5.41) is 3.02. The lowest BCUT2D eigenvalue weighted by Crippen LogP contribution is -2.48. The molecule has 0 aliphatic rings. The fourth-order valence-electron chi connectivity index (χ4n) is 2.31. The molecule has 0 spiro atoms. The molecule has 0 fully saturated rings. The van der Waals surface area contributed by atoms with E-state index in [0.29, 0.717) is 0 Å². The molecule has 1 aromatic rings. The lowest BCUT2D eigenvalue weighted by atomic mass is 9.97. The lowest BCUT2D eigenvalue weighted by Gasteiger charge is -2.21. The Balaban J connectivity index is 2.59. The van der Waals surface area contributed by atoms with Crippen molar-refractivity contribution in [3.05, 3.63) is 34.9 Å². The smallest absolute Gasteiger partial charge is 0.237 e. The van der Waals surface area contributed by atoms with Crippen molar-refractivity contribution in [2.24, 2.45) is 11.7 Å². The molecular weight excluding hydrogens is 248 g/mol. The molecule has 3 atom stereocenters. The van der Waals surface area contributed by atoms with E-state index in [1.807, 2.05) is 13.8 Å². The number of carbonyl (C=O) groups is 1. The van der Waals surface area contributed by atoms with Crippen molar-refractivity contribution in [1.82, 2.24) is 5.32 Å². The van der Waals surface area contributed by atoms with Crippen molar-refractivity contribution >= 4 is 5.91 Å². The molecule has 3 N–H and O–H groups in total. The van der Waals surface area contributed by atoms with Crippen LogP contribution in [0.25, 0.3) is 0 Å². The van der Waals surface area contributed by atoms with E-state index in [1.54, 1.807) is 0 Å². The molecule has 3 nitrogen and oxygen atoms in total. The second-order valence-electron chi connectivity index (χ2n) is 5.96. The van der Waals surface area contributed by atoms with Crippen LogP contribution in [0.1, 0.15) is 43.9 Å². The number of benzene rings is 1. The first kappa shape index (κ1) is 16.7. The zero-order valence-electron chi connectivity index (χ0n) is 13.4. The van der Waals surface area contributed by atoms with Gasteiger partial charge in [0.25, 0.3) is 0 Å². The second-order valence-corrected chi connectivity index (χ2v) is 5.96. The highest BCUT2D eigenvalue weighted by Crippen LogP contribution is 2.13. The number of nitrogens with one attached hydrogen (secondary N) is 1. The van der Waals surface area contributed by atoms with Crippen LogP contribution in [0, 0.1) is 19.8 Å². The summed E-state index contributed by atoms with van der Waals surface area (Å²) in [7, 11) is 0. The van der Waals surface area contributed by atoms with Gasteiger partial charge in [-0.3, -0.25) is 4.79 Å². The van der Waals surface area contributed by atoms with Crippen LogP contribution in [-0.4, -0.2) is 18.0 Å². The molecule has 0 bridgehead atoms. The van der Waals surface area contributed by atoms with Gasteiger partial charge in [-0.15, -0.1) is 0 Å². The van der Waals surface area contributed by atoms with Crippen LogP contribution in [-0.2, 0) is 11.2 Å². The average Bonchev–Trinajstić information content (AvgIpc) is 2.40. The molecule has 3 heteroatoms. The van der Waals surface area contributed by atoms with Gasteiger partial charge in [-0.2, -0.15) is 0 Å². The first-order chi connectivity index (χ1) is 9.35. The van der Waals surface area contributed by atoms with Gasteiger partial charge in [0, 0.05) is 6.04 Å². The number of rotatable bonds is 6. The minimum Gasteiger partial charge on any atom is -0.352 e. The highest BCUT2D eigenvalue weighted by atomic mass is 16.2. The monoisotopic (exact) mass is 276 g/mol. The van der Waals surface area contributed by atoms with E-state index in [1.165, 1.54) is 16.7 Å². The first-order valence-electron chi connectivity index (χ1n) is 7.47. The van der Waals surface area contributed by atoms with Gasteiger partial charge >= 0.3 is 0 Å². The molecule has 0 saturated carbocycles. The molecule has 0 aliphatic carbocycles. The number of aryl methyl sites for hydroxylation is 2. The number of amides is 1. The maximum Gasteiger partial charge on any atom is 0.237 e. The van der Waals surface area contributed by atoms with Crippen LogP contribution in [0.3, 0.4) is 0 Å². The summed E-state index contributed by atoms with van der Waals surface area (Å²) in [6.07, 6.45) is 1.76. The zero-order chi connectivity index (χ0) is 15.3. The molecule has 0 saturated heterocycles. The molecule has 112 valence electrons. The molecule has 0 heterocycles. The van der Waals surface area contributed by atoms with Crippen molar-refractivity contribution < 1.29 is 4.79 Å². The van der Waals surface area contributed by atoms with Crippen molar-refractivity contribution in [3.8, 4) is 0 Å². The third-order valence-electron chi connectivity index (χ3n) is 3.97. The van der Waals surface area contributed by atoms with E-state index >= 15 is 0 Å². The summed E-state index contributed by atoms with van der Waals surface area (Å²) in [5.74, 6) is 0.167. The summed E-state index contributed by atoms with van der Waals surface area (Å²) in [4.78, 5) is 12.0. The Labute approximate surface area is 122 Å². The van der Waals surface area contributed by atoms with E-state index < -0.39 is 6.04 Å². The van der Waals surface area contributed by atoms with Crippen molar-refractivity contribution in [2.75, 3.05) is 0 Å². The lowest BCUT2D eigenvalue weighted by molar-refractivity contribution is -0.124. The van der Waals surface area contributed by atoms with E-state index in [9.17, 15) is 4.79 Å². The van der Waals surface area contributed by atoms with Gasteiger partial charge in [0.1, 0.15) is 0 Å². The average molecular weight is 276 g/mol. The van der Waals surface area contributed by atoms with Gasteiger partial charge in [0.15, 0.2) is 0 Å². The quantitative estimate of drug-likeness (QED) is 0.839. The van der Waals surface area contributed by atoms with Crippen molar-refractivity contribution in [1.29, 1.82) is 0 Å². The predicted molar refractivity (Wildman–Crippen MR) is 84.7 cm³/mol. The number of nitrogens with two attached hydrogens (primary N) is 1. The molecule has 0 aliphatic heterocycles. The Kier molecular flexibility index (Phi) is 6.21. The first-order valence-corrected chi connectivity index (χ1v) is 7.47. The summed E-state index contributed by atoms with van der Waals surface area (Å²) in [6.45, 7) is 10.3. The van der Waals surface area contributed by atoms with Crippen molar-refractivity contribution in [2.45, 2.75) is 59.5 Å². The second kappa shape index (κ2) is 7.44. The maximum absolute atomic E-state index is 12.0. The Hall–Kier alpha value is -1.35. The third kappa shape index (κ3) is 4.64. The van der Waals surface area contributed by atoms with E-state index in [-0.39, 0.29) is 17.9 Å².